The van der Waals surface area contributed by atoms with Crippen LogP contribution in [0.25, 0.3) is 0 Å². The highest BCUT2D eigenvalue weighted by molar-refractivity contribution is 7.80. The summed E-state index contributed by atoms with van der Waals surface area (Å²) in [5.74, 6) is 0.895. The second kappa shape index (κ2) is 7.44. The molecule has 1 atom stereocenters. The zero-order valence-corrected chi connectivity index (χ0v) is 13.2. The van der Waals surface area contributed by atoms with Crippen molar-refractivity contribution in [2.45, 2.75) is 25.2 Å². The zero-order valence-electron chi connectivity index (χ0n) is 11.7. The van der Waals surface area contributed by atoms with Crippen molar-refractivity contribution in [1.82, 2.24) is 15.0 Å². The summed E-state index contributed by atoms with van der Waals surface area (Å²) in [6.07, 6.45) is 0.824. The fraction of sp³-hybridized carbons (Fsp3) is 0.308. The van der Waals surface area contributed by atoms with Gasteiger partial charge in [0.25, 0.3) is 0 Å². The average molecular weight is 327 g/mol. The fourth-order valence-electron chi connectivity index (χ4n) is 1.51. The molecule has 1 aromatic heterocycles. The second-order valence-corrected chi connectivity index (χ2v) is 5.70. The van der Waals surface area contributed by atoms with E-state index < -0.39 is 11.1 Å². The van der Waals surface area contributed by atoms with E-state index in [1.165, 1.54) is 0 Å². The highest BCUT2D eigenvalue weighted by Gasteiger charge is 2.06. The second-order valence-electron chi connectivity index (χ2n) is 4.18. The molecule has 1 N–H and O–H groups in total. The van der Waals surface area contributed by atoms with Crippen LogP contribution in [0.1, 0.15) is 19.2 Å². The minimum Gasteiger partial charge on any atom is -0.324 e. The first kappa shape index (κ1) is 15.8. The summed E-state index contributed by atoms with van der Waals surface area (Å²) in [6.45, 7) is 4.16. The van der Waals surface area contributed by atoms with Crippen molar-refractivity contribution in [1.29, 1.82) is 0 Å². The first-order valence-corrected chi connectivity index (χ1v) is 7.84. The number of aryl methyl sites for hydroxylation is 1. The number of aromatic nitrogens is 3. The van der Waals surface area contributed by atoms with E-state index in [0.717, 1.165) is 12.1 Å². The number of rotatable bonds is 6. The van der Waals surface area contributed by atoms with Crippen molar-refractivity contribution >= 4 is 34.3 Å². The molecule has 112 valence electrons. The van der Waals surface area contributed by atoms with Gasteiger partial charge in [-0.15, -0.1) is 0 Å². The lowest BCUT2D eigenvalue weighted by molar-refractivity contribution is 0.347. The third-order valence-electron chi connectivity index (χ3n) is 2.42. The van der Waals surface area contributed by atoms with E-state index in [-0.39, 0.29) is 5.28 Å². The first-order valence-electron chi connectivity index (χ1n) is 6.39. The van der Waals surface area contributed by atoms with Crippen molar-refractivity contribution in [2.75, 3.05) is 11.9 Å². The maximum Gasteiger partial charge on any atom is 0.231 e. The molecule has 0 saturated carbocycles. The van der Waals surface area contributed by atoms with Gasteiger partial charge >= 0.3 is 0 Å². The van der Waals surface area contributed by atoms with Crippen LogP contribution in [-0.4, -0.2) is 25.8 Å². The summed E-state index contributed by atoms with van der Waals surface area (Å²) in [5.41, 5.74) is 0.757. The van der Waals surface area contributed by atoms with Gasteiger partial charge in [0.2, 0.25) is 11.2 Å². The van der Waals surface area contributed by atoms with Gasteiger partial charge in [-0.2, -0.15) is 9.97 Å². The van der Waals surface area contributed by atoms with Gasteiger partial charge in [0.1, 0.15) is 5.82 Å². The van der Waals surface area contributed by atoms with E-state index >= 15 is 0 Å². The summed E-state index contributed by atoms with van der Waals surface area (Å²) in [6, 6.07) is 7.00. The molecule has 0 bridgehead atoms. The largest absolute Gasteiger partial charge is 0.324 e. The lowest BCUT2D eigenvalue weighted by Crippen LogP contribution is -2.02. The van der Waals surface area contributed by atoms with E-state index in [1.807, 2.05) is 6.92 Å². The van der Waals surface area contributed by atoms with Crippen LogP contribution in [0.4, 0.5) is 11.6 Å². The smallest absolute Gasteiger partial charge is 0.231 e. The minimum atomic E-state index is -1.44. The molecule has 0 spiro atoms. The zero-order chi connectivity index (χ0) is 15.2. The normalized spacial score (nSPS) is 12.1. The van der Waals surface area contributed by atoms with Crippen LogP contribution < -0.4 is 5.32 Å². The van der Waals surface area contributed by atoms with Crippen molar-refractivity contribution in [3.8, 4) is 0 Å². The maximum absolute atomic E-state index is 11.8. The Kier molecular flexibility index (Phi) is 5.60. The summed E-state index contributed by atoms with van der Waals surface area (Å²) in [4.78, 5) is 12.6. The topological polar surface area (TPSA) is 77.0 Å². The number of hydrogen-bond donors (Lipinski definition) is 1. The number of benzene rings is 1. The molecule has 0 aliphatic heterocycles. The Morgan fingerprint density at radius 2 is 1.95 bits per heavy atom. The number of nitrogens with one attached hydrogen (secondary N) is 1. The number of hydrogen-bond acceptors (Lipinski definition) is 6. The van der Waals surface area contributed by atoms with Crippen molar-refractivity contribution in [2.24, 2.45) is 0 Å². The van der Waals surface area contributed by atoms with Crippen LogP contribution in [0.15, 0.2) is 29.2 Å². The molecule has 0 saturated heterocycles. The van der Waals surface area contributed by atoms with Gasteiger partial charge in [0, 0.05) is 5.69 Å². The molecular weight excluding hydrogens is 312 g/mol. The molecule has 1 aromatic carbocycles. The first-order chi connectivity index (χ1) is 10.1. The summed E-state index contributed by atoms with van der Waals surface area (Å²) in [7, 11) is 0. The molecule has 0 aliphatic carbocycles. The molecule has 0 amide bonds. The number of anilines is 2. The quantitative estimate of drug-likeness (QED) is 0.879. The summed E-state index contributed by atoms with van der Waals surface area (Å²) < 4.78 is 16.9. The summed E-state index contributed by atoms with van der Waals surface area (Å²) in [5, 5.41) is 3.14. The van der Waals surface area contributed by atoms with Gasteiger partial charge in [0.15, 0.2) is 11.1 Å². The molecule has 6 nitrogen and oxygen atoms in total. The highest BCUT2D eigenvalue weighted by Crippen LogP contribution is 2.17. The molecule has 1 unspecified atom stereocenters. The third-order valence-corrected chi connectivity index (χ3v) is 3.62. The maximum atomic E-state index is 11.8. The molecule has 0 fully saturated rings. The molecule has 1 heterocycles. The van der Waals surface area contributed by atoms with Crippen molar-refractivity contribution in [3.05, 3.63) is 35.4 Å². The van der Waals surface area contributed by atoms with E-state index in [4.69, 9.17) is 15.8 Å². The molecule has 21 heavy (non-hydrogen) atoms. The van der Waals surface area contributed by atoms with Gasteiger partial charge in [-0.25, -0.2) is 9.19 Å². The van der Waals surface area contributed by atoms with Crippen LogP contribution in [0.5, 0.6) is 0 Å². The highest BCUT2D eigenvalue weighted by atomic mass is 35.5. The lowest BCUT2D eigenvalue weighted by atomic mass is 10.3. The lowest BCUT2D eigenvalue weighted by Gasteiger charge is -2.07. The predicted molar refractivity (Wildman–Crippen MR) is 82.0 cm³/mol. The Labute approximate surface area is 130 Å². The standard InChI is InChI=1S/C13H15ClN4O2S/c1-3-8-20-21(19)11-6-4-10(5-7-11)17-13-16-9(2)15-12(14)18-13/h4-7H,3,8H2,1-2H3,(H,15,16,17,18). The Balaban J connectivity index is 2.07. The average Bonchev–Trinajstić information content (AvgIpc) is 2.44. The Hall–Kier alpha value is -1.57. The van der Waals surface area contributed by atoms with Crippen LogP contribution in [0, 0.1) is 6.92 Å². The van der Waals surface area contributed by atoms with Gasteiger partial charge in [0.05, 0.1) is 11.5 Å². The summed E-state index contributed by atoms with van der Waals surface area (Å²) >= 11 is 4.34. The molecule has 8 heteroatoms. The van der Waals surface area contributed by atoms with E-state index in [2.05, 4.69) is 20.3 Å². The van der Waals surface area contributed by atoms with Crippen LogP contribution >= 0.6 is 11.6 Å². The molecule has 2 rings (SSSR count). The van der Waals surface area contributed by atoms with Gasteiger partial charge < -0.3 is 5.32 Å². The van der Waals surface area contributed by atoms with E-state index in [0.29, 0.717) is 23.3 Å². The molecule has 2 aromatic rings. The fourth-order valence-corrected chi connectivity index (χ4v) is 2.53. The van der Waals surface area contributed by atoms with E-state index in [9.17, 15) is 4.21 Å². The number of nitrogens with zero attached hydrogens (tertiary/aromatic N) is 3. The van der Waals surface area contributed by atoms with Gasteiger partial charge in [-0.3, -0.25) is 4.18 Å². The van der Waals surface area contributed by atoms with Crippen molar-refractivity contribution in [3.63, 3.8) is 0 Å². The van der Waals surface area contributed by atoms with E-state index in [1.54, 1.807) is 31.2 Å². The Bertz CT molecular complexity index is 616. The van der Waals surface area contributed by atoms with Gasteiger partial charge in [-0.05, 0) is 49.2 Å². The van der Waals surface area contributed by atoms with Crippen LogP contribution in [0.3, 0.4) is 0 Å². The minimum absolute atomic E-state index is 0.135. The Morgan fingerprint density at radius 1 is 1.24 bits per heavy atom. The van der Waals surface area contributed by atoms with Gasteiger partial charge in [-0.1, -0.05) is 6.92 Å². The third kappa shape index (κ3) is 4.73. The molecule has 0 aliphatic rings. The monoisotopic (exact) mass is 326 g/mol. The Morgan fingerprint density at radius 3 is 2.57 bits per heavy atom. The van der Waals surface area contributed by atoms with Crippen molar-refractivity contribution < 1.29 is 8.39 Å². The molecule has 0 radical (unpaired) electrons. The molecular formula is C13H15ClN4O2S. The van der Waals surface area contributed by atoms with Crippen LogP contribution in [-0.2, 0) is 15.3 Å². The predicted octanol–water partition coefficient (Wildman–Crippen LogP) is 3.03. The SMILES string of the molecule is CCCOS(=O)c1ccc(Nc2nc(C)nc(Cl)n2)cc1. The van der Waals surface area contributed by atoms with Crippen LogP contribution in [0.2, 0.25) is 5.28 Å². The number of halogens is 1.